The van der Waals surface area contributed by atoms with E-state index in [0.717, 1.165) is 5.82 Å². The molecule has 0 aliphatic carbocycles. The molecule has 0 radical (unpaired) electrons. The summed E-state index contributed by atoms with van der Waals surface area (Å²) < 4.78 is 12.1. The van der Waals surface area contributed by atoms with Crippen molar-refractivity contribution in [3.05, 3.63) is 46.0 Å². The van der Waals surface area contributed by atoms with Crippen molar-refractivity contribution in [3.8, 4) is 11.5 Å². The summed E-state index contributed by atoms with van der Waals surface area (Å²) in [4.78, 5) is 30.0. The number of nitro benzene ring substituents is 1. The highest BCUT2D eigenvalue weighted by Gasteiger charge is 2.33. The number of nitrogens with one attached hydrogen (secondary N) is 1. The van der Waals surface area contributed by atoms with Gasteiger partial charge in [0.2, 0.25) is 5.75 Å². The number of halogens is 1. The number of piperazine rings is 1. The summed E-state index contributed by atoms with van der Waals surface area (Å²) >= 11 is 0. The number of imidazole rings is 1. The molecule has 2 aromatic rings. The lowest BCUT2D eigenvalue weighted by Crippen LogP contribution is -2.49. The number of methoxy groups -OCH3 is 2. The number of aromatic nitrogens is 2. The zero-order valence-corrected chi connectivity index (χ0v) is 16.6. The molecule has 28 heavy (non-hydrogen) atoms. The Balaban J connectivity index is 0.00000280. The van der Waals surface area contributed by atoms with Crippen LogP contribution in [0.4, 0.5) is 5.69 Å². The van der Waals surface area contributed by atoms with Crippen LogP contribution in [0.15, 0.2) is 24.5 Å². The molecular formula is C17H22ClN5O5. The fraction of sp³-hybridized carbons (Fsp3) is 0.412. The van der Waals surface area contributed by atoms with Crippen LogP contribution in [0.5, 0.6) is 11.5 Å². The first-order valence-corrected chi connectivity index (χ1v) is 8.37. The highest BCUT2D eigenvalue weighted by Crippen LogP contribution is 2.38. The number of nitrogens with zero attached hydrogens (tertiary/aromatic N) is 4. The first-order valence-electron chi connectivity index (χ1n) is 8.37. The molecule has 1 atom stereocenters. The third-order valence-electron chi connectivity index (χ3n) is 4.56. The lowest BCUT2D eigenvalue weighted by Gasteiger charge is -2.35. The predicted octanol–water partition coefficient (Wildman–Crippen LogP) is 1.55. The second kappa shape index (κ2) is 8.89. The van der Waals surface area contributed by atoms with Gasteiger partial charge >= 0.3 is 5.69 Å². The number of amides is 1. The average Bonchev–Trinajstić information content (AvgIpc) is 3.11. The molecule has 1 N–H and O–H groups in total. The average molecular weight is 412 g/mol. The molecular weight excluding hydrogens is 390 g/mol. The first kappa shape index (κ1) is 21.5. The van der Waals surface area contributed by atoms with E-state index in [2.05, 4.69) is 10.3 Å². The van der Waals surface area contributed by atoms with Crippen LogP contribution in [-0.4, -0.2) is 59.1 Å². The van der Waals surface area contributed by atoms with E-state index in [0.29, 0.717) is 19.6 Å². The van der Waals surface area contributed by atoms with E-state index >= 15 is 0 Å². The molecule has 1 aliphatic rings. The van der Waals surface area contributed by atoms with Gasteiger partial charge in [0, 0.05) is 45.1 Å². The Morgan fingerprint density at radius 3 is 2.68 bits per heavy atom. The number of rotatable bonds is 5. The van der Waals surface area contributed by atoms with Crippen LogP contribution in [-0.2, 0) is 7.05 Å². The Morgan fingerprint density at radius 2 is 2.11 bits per heavy atom. The van der Waals surface area contributed by atoms with E-state index in [4.69, 9.17) is 9.47 Å². The maximum atomic E-state index is 13.2. The van der Waals surface area contributed by atoms with Gasteiger partial charge in [-0.2, -0.15) is 0 Å². The highest BCUT2D eigenvalue weighted by molar-refractivity contribution is 5.96. The molecule has 0 spiro atoms. The van der Waals surface area contributed by atoms with Crippen molar-refractivity contribution >= 4 is 24.0 Å². The smallest absolute Gasteiger partial charge is 0.315 e. The Hall–Kier alpha value is -2.85. The van der Waals surface area contributed by atoms with Gasteiger partial charge in [0.25, 0.3) is 5.91 Å². The second-order valence-electron chi connectivity index (χ2n) is 6.10. The zero-order valence-electron chi connectivity index (χ0n) is 15.7. The Labute approximate surface area is 168 Å². The maximum Gasteiger partial charge on any atom is 0.315 e. The molecule has 1 fully saturated rings. The van der Waals surface area contributed by atoms with E-state index in [9.17, 15) is 14.9 Å². The Morgan fingerprint density at radius 1 is 1.36 bits per heavy atom. The van der Waals surface area contributed by atoms with Gasteiger partial charge in [-0.25, -0.2) is 4.98 Å². The summed E-state index contributed by atoms with van der Waals surface area (Å²) in [6.45, 7) is 1.63. The quantitative estimate of drug-likeness (QED) is 0.586. The van der Waals surface area contributed by atoms with Gasteiger partial charge in [-0.05, 0) is 6.07 Å². The van der Waals surface area contributed by atoms with Crippen LogP contribution >= 0.6 is 12.4 Å². The number of benzene rings is 1. The van der Waals surface area contributed by atoms with Gasteiger partial charge in [-0.1, -0.05) is 0 Å². The zero-order chi connectivity index (χ0) is 19.6. The predicted molar refractivity (Wildman–Crippen MR) is 103 cm³/mol. The minimum absolute atomic E-state index is 0. The fourth-order valence-corrected chi connectivity index (χ4v) is 3.25. The molecule has 3 rings (SSSR count). The number of aryl methyl sites for hydroxylation is 1. The SMILES string of the molecule is COc1cc(C(=O)N2CCNCC2c2nccn2C)cc([N+](=O)[O-])c1OC.Cl. The van der Waals surface area contributed by atoms with Crippen molar-refractivity contribution < 1.29 is 19.2 Å². The van der Waals surface area contributed by atoms with Gasteiger partial charge in [0.1, 0.15) is 11.9 Å². The molecule has 2 heterocycles. The molecule has 0 bridgehead atoms. The van der Waals surface area contributed by atoms with Gasteiger partial charge < -0.3 is 24.3 Å². The van der Waals surface area contributed by atoms with Crippen LogP contribution in [0.1, 0.15) is 22.2 Å². The first-order chi connectivity index (χ1) is 13.0. The van der Waals surface area contributed by atoms with E-state index in [1.54, 1.807) is 11.1 Å². The van der Waals surface area contributed by atoms with Crippen molar-refractivity contribution in [3.63, 3.8) is 0 Å². The summed E-state index contributed by atoms with van der Waals surface area (Å²) in [5.74, 6) is 0.540. The minimum Gasteiger partial charge on any atom is -0.493 e. The van der Waals surface area contributed by atoms with Crippen molar-refractivity contribution in [2.75, 3.05) is 33.9 Å². The van der Waals surface area contributed by atoms with E-state index in [1.165, 1.54) is 26.4 Å². The van der Waals surface area contributed by atoms with Crippen molar-refractivity contribution in [1.29, 1.82) is 0 Å². The molecule has 1 aromatic carbocycles. The van der Waals surface area contributed by atoms with Gasteiger partial charge in [-0.3, -0.25) is 14.9 Å². The van der Waals surface area contributed by atoms with Crippen molar-refractivity contribution in [2.45, 2.75) is 6.04 Å². The summed E-state index contributed by atoms with van der Waals surface area (Å²) in [6.07, 6.45) is 3.49. The standard InChI is InChI=1S/C17H21N5O5.ClH/c1-20-6-5-19-16(20)13-10-18-4-7-21(13)17(23)11-8-12(22(24)25)15(27-3)14(9-11)26-2;/h5-6,8-9,13,18H,4,7,10H2,1-3H3;1H. The second-order valence-corrected chi connectivity index (χ2v) is 6.10. The molecule has 1 aromatic heterocycles. The van der Waals surface area contributed by atoms with Crippen LogP contribution in [0.25, 0.3) is 0 Å². The van der Waals surface area contributed by atoms with Crippen LogP contribution < -0.4 is 14.8 Å². The third kappa shape index (κ3) is 3.87. The Bertz CT molecular complexity index is 872. The molecule has 0 saturated carbocycles. The summed E-state index contributed by atoms with van der Waals surface area (Å²) in [5, 5.41) is 14.7. The molecule has 1 saturated heterocycles. The molecule has 1 aliphatic heterocycles. The van der Waals surface area contributed by atoms with E-state index < -0.39 is 4.92 Å². The number of nitro groups is 1. The van der Waals surface area contributed by atoms with Crippen molar-refractivity contribution in [2.24, 2.45) is 7.05 Å². The van der Waals surface area contributed by atoms with Gasteiger partial charge in [0.05, 0.1) is 24.7 Å². The lowest BCUT2D eigenvalue weighted by atomic mass is 10.1. The molecule has 11 heteroatoms. The number of hydrogen-bond acceptors (Lipinski definition) is 7. The molecule has 10 nitrogen and oxygen atoms in total. The monoisotopic (exact) mass is 411 g/mol. The summed E-state index contributed by atoms with van der Waals surface area (Å²) in [7, 11) is 4.55. The normalized spacial score (nSPS) is 16.2. The largest absolute Gasteiger partial charge is 0.493 e. The third-order valence-corrected chi connectivity index (χ3v) is 4.56. The molecule has 1 amide bonds. The van der Waals surface area contributed by atoms with E-state index in [1.807, 2.05) is 17.8 Å². The number of carbonyl (C=O) groups is 1. The topological polar surface area (TPSA) is 112 Å². The van der Waals surface area contributed by atoms with Crippen LogP contribution in [0, 0.1) is 10.1 Å². The number of ether oxygens (including phenoxy) is 2. The fourth-order valence-electron chi connectivity index (χ4n) is 3.25. The molecule has 152 valence electrons. The Kier molecular flexibility index (Phi) is 6.81. The van der Waals surface area contributed by atoms with Gasteiger partial charge in [-0.15, -0.1) is 12.4 Å². The van der Waals surface area contributed by atoms with Crippen molar-refractivity contribution in [1.82, 2.24) is 19.8 Å². The van der Waals surface area contributed by atoms with Gasteiger partial charge in [0.15, 0.2) is 5.75 Å². The summed E-state index contributed by atoms with van der Waals surface area (Å²) in [6, 6.07) is 2.41. The van der Waals surface area contributed by atoms with Crippen LogP contribution in [0.3, 0.4) is 0 Å². The molecule has 1 unspecified atom stereocenters. The number of hydrogen-bond donors (Lipinski definition) is 1. The lowest BCUT2D eigenvalue weighted by molar-refractivity contribution is -0.385. The summed E-state index contributed by atoms with van der Waals surface area (Å²) in [5.41, 5.74) is -0.149. The highest BCUT2D eigenvalue weighted by atomic mass is 35.5. The van der Waals surface area contributed by atoms with E-state index in [-0.39, 0.29) is 47.1 Å². The minimum atomic E-state index is -0.591. The number of carbonyl (C=O) groups excluding carboxylic acids is 1. The maximum absolute atomic E-state index is 13.2. The van der Waals surface area contributed by atoms with Crippen LogP contribution in [0.2, 0.25) is 0 Å².